The Balaban J connectivity index is 0.000000383. The molecule has 0 amide bonds. The van der Waals surface area contributed by atoms with E-state index in [9.17, 15) is 0 Å². The summed E-state index contributed by atoms with van der Waals surface area (Å²) in [5.74, 6) is 0. The van der Waals surface area contributed by atoms with E-state index >= 15 is 0 Å². The fourth-order valence-electron chi connectivity index (χ4n) is 1.98. The van der Waals surface area contributed by atoms with Crippen molar-refractivity contribution in [1.82, 2.24) is 0 Å². The third-order valence-corrected chi connectivity index (χ3v) is 2.79. The van der Waals surface area contributed by atoms with Gasteiger partial charge in [0.15, 0.2) is 0 Å². The van der Waals surface area contributed by atoms with Gasteiger partial charge in [0, 0.05) is 11.4 Å². The van der Waals surface area contributed by atoms with Crippen molar-refractivity contribution in [2.24, 2.45) is 0 Å². The maximum absolute atomic E-state index is 8.74. The Hall–Kier alpha value is -2.09. The molecule has 0 saturated carbocycles. The highest BCUT2D eigenvalue weighted by Gasteiger charge is 2.05. The van der Waals surface area contributed by atoms with Gasteiger partial charge in [-0.2, -0.15) is 8.42 Å². The maximum atomic E-state index is 8.74. The molecule has 0 fully saturated rings. The van der Waals surface area contributed by atoms with Crippen LogP contribution in [0.1, 0.15) is 11.1 Å². The highest BCUT2D eigenvalue weighted by molar-refractivity contribution is 7.79. The van der Waals surface area contributed by atoms with Gasteiger partial charge in [-0.25, -0.2) is 0 Å². The van der Waals surface area contributed by atoms with Crippen LogP contribution in [0.2, 0.25) is 0 Å². The Morgan fingerprint density at radius 2 is 1.10 bits per heavy atom. The Labute approximate surface area is 124 Å². The van der Waals surface area contributed by atoms with Gasteiger partial charge in [0.05, 0.1) is 0 Å². The number of benzene rings is 2. The van der Waals surface area contributed by atoms with Gasteiger partial charge in [-0.3, -0.25) is 9.11 Å². The summed E-state index contributed by atoms with van der Waals surface area (Å²) in [6, 6.07) is 12.0. The predicted molar refractivity (Wildman–Crippen MR) is 84.4 cm³/mol. The Morgan fingerprint density at radius 1 is 0.810 bits per heavy atom. The first-order valence-corrected chi connectivity index (χ1v) is 7.40. The summed E-state index contributed by atoms with van der Waals surface area (Å²) in [5, 5.41) is 0. The maximum Gasteiger partial charge on any atom is 0.394 e. The van der Waals surface area contributed by atoms with E-state index in [1.165, 1.54) is 22.3 Å². The third kappa shape index (κ3) is 5.82. The first-order chi connectivity index (χ1) is 9.58. The zero-order valence-corrected chi connectivity index (χ0v) is 12.6. The second kappa shape index (κ2) is 6.57. The number of nitrogens with two attached hydrogens (primary N) is 2. The lowest BCUT2D eigenvalue weighted by Crippen LogP contribution is -1.92. The van der Waals surface area contributed by atoms with E-state index < -0.39 is 10.4 Å². The summed E-state index contributed by atoms with van der Waals surface area (Å²) in [6.45, 7) is 4.14. The molecule has 6 N–H and O–H groups in total. The van der Waals surface area contributed by atoms with Crippen LogP contribution in [0.25, 0.3) is 11.1 Å². The monoisotopic (exact) mass is 310 g/mol. The molecule has 0 bridgehead atoms. The summed E-state index contributed by atoms with van der Waals surface area (Å²) >= 11 is 0. The molecule has 2 rings (SSSR count). The number of aryl methyl sites for hydroxylation is 2. The van der Waals surface area contributed by atoms with E-state index in [1.54, 1.807) is 0 Å². The van der Waals surface area contributed by atoms with Gasteiger partial charge in [0.1, 0.15) is 0 Å². The fourth-order valence-corrected chi connectivity index (χ4v) is 1.98. The zero-order chi connectivity index (χ0) is 16.2. The van der Waals surface area contributed by atoms with Crippen LogP contribution in [0.15, 0.2) is 36.4 Å². The van der Waals surface area contributed by atoms with Crippen LogP contribution in [0.3, 0.4) is 0 Å². The second-order valence-electron chi connectivity index (χ2n) is 4.60. The van der Waals surface area contributed by atoms with Crippen LogP contribution in [0.4, 0.5) is 11.4 Å². The summed E-state index contributed by atoms with van der Waals surface area (Å²) < 4.78 is 31.6. The minimum Gasteiger partial charge on any atom is -0.399 e. The Kier molecular flexibility index (Phi) is 5.31. The zero-order valence-electron chi connectivity index (χ0n) is 11.7. The minimum absolute atomic E-state index is 0.800. The molecule has 0 aliphatic rings. The van der Waals surface area contributed by atoms with Gasteiger partial charge in [-0.05, 0) is 60.4 Å². The summed E-state index contributed by atoms with van der Waals surface area (Å²) in [7, 11) is -4.67. The molecule has 0 heterocycles. The molecule has 0 spiro atoms. The Bertz CT molecular complexity index is 685. The van der Waals surface area contributed by atoms with Gasteiger partial charge in [0.25, 0.3) is 0 Å². The van der Waals surface area contributed by atoms with Gasteiger partial charge in [-0.15, -0.1) is 0 Å². The van der Waals surface area contributed by atoms with Crippen LogP contribution in [-0.4, -0.2) is 17.5 Å². The third-order valence-electron chi connectivity index (χ3n) is 2.79. The van der Waals surface area contributed by atoms with Crippen molar-refractivity contribution in [1.29, 1.82) is 0 Å². The number of rotatable bonds is 1. The van der Waals surface area contributed by atoms with Crippen molar-refractivity contribution < 1.29 is 17.5 Å². The molecule has 0 atom stereocenters. The first-order valence-electron chi connectivity index (χ1n) is 6.00. The van der Waals surface area contributed by atoms with E-state index in [0.29, 0.717) is 0 Å². The molecule has 0 aliphatic heterocycles. The van der Waals surface area contributed by atoms with Crippen molar-refractivity contribution >= 4 is 21.8 Å². The molecule has 114 valence electrons. The number of hydrogen-bond donors (Lipinski definition) is 4. The average Bonchev–Trinajstić information content (AvgIpc) is 2.28. The summed E-state index contributed by atoms with van der Waals surface area (Å²) in [6.07, 6.45) is 0. The molecule has 7 heteroatoms. The molecule has 0 aromatic heterocycles. The fraction of sp³-hybridized carbons (Fsp3) is 0.143. The van der Waals surface area contributed by atoms with Crippen LogP contribution >= 0.6 is 0 Å². The van der Waals surface area contributed by atoms with Crippen molar-refractivity contribution in [2.75, 3.05) is 11.5 Å². The van der Waals surface area contributed by atoms with Crippen LogP contribution < -0.4 is 11.5 Å². The lowest BCUT2D eigenvalue weighted by Gasteiger charge is -2.10. The second-order valence-corrected chi connectivity index (χ2v) is 5.49. The molecule has 2 aromatic rings. The van der Waals surface area contributed by atoms with Gasteiger partial charge in [0.2, 0.25) is 0 Å². The molecule has 6 nitrogen and oxygen atoms in total. The van der Waals surface area contributed by atoms with Crippen LogP contribution in [0, 0.1) is 13.8 Å². The van der Waals surface area contributed by atoms with Crippen molar-refractivity contribution in [3.63, 3.8) is 0 Å². The predicted octanol–water partition coefficient (Wildman–Crippen LogP) is 2.48. The van der Waals surface area contributed by atoms with E-state index in [1.807, 2.05) is 24.3 Å². The van der Waals surface area contributed by atoms with E-state index in [4.69, 9.17) is 29.0 Å². The van der Waals surface area contributed by atoms with E-state index in [0.717, 1.165) is 11.4 Å². The normalized spacial score (nSPS) is 10.7. The molecule has 21 heavy (non-hydrogen) atoms. The summed E-state index contributed by atoms with van der Waals surface area (Å²) in [4.78, 5) is 0. The highest BCUT2D eigenvalue weighted by Crippen LogP contribution is 2.28. The van der Waals surface area contributed by atoms with Crippen LogP contribution in [-0.2, 0) is 10.4 Å². The smallest absolute Gasteiger partial charge is 0.394 e. The van der Waals surface area contributed by atoms with Gasteiger partial charge in [-0.1, -0.05) is 12.1 Å². The Morgan fingerprint density at radius 3 is 1.33 bits per heavy atom. The van der Waals surface area contributed by atoms with E-state index in [2.05, 4.69) is 26.0 Å². The lowest BCUT2D eigenvalue weighted by atomic mass is 9.96. The molecule has 0 unspecified atom stereocenters. The van der Waals surface area contributed by atoms with Crippen LogP contribution in [0.5, 0.6) is 0 Å². The average molecular weight is 310 g/mol. The number of hydrogen-bond acceptors (Lipinski definition) is 4. The molecule has 0 radical (unpaired) electrons. The number of anilines is 2. The molecule has 0 saturated heterocycles. The number of nitrogen functional groups attached to an aromatic ring is 2. The SMILES string of the molecule is Cc1cc(N)ccc1-c1ccc(N)cc1C.O=S(=O)(O)O. The standard InChI is InChI=1S/C14H16N2.H2O4S/c1-9-7-11(15)3-5-13(9)14-6-4-12(16)8-10(14)2;1-5(2,3)4/h3-8H,15-16H2,1-2H3;(H2,1,2,3,4). The van der Waals surface area contributed by atoms with Crippen molar-refractivity contribution in [3.05, 3.63) is 47.5 Å². The quantitative estimate of drug-likeness (QED) is 0.473. The summed E-state index contributed by atoms with van der Waals surface area (Å²) in [5.41, 5.74) is 17.9. The van der Waals surface area contributed by atoms with Gasteiger partial charge < -0.3 is 11.5 Å². The molecule has 0 aliphatic carbocycles. The lowest BCUT2D eigenvalue weighted by molar-refractivity contribution is 0.381. The molecular weight excluding hydrogens is 292 g/mol. The molecule has 2 aromatic carbocycles. The molecular formula is C14H18N2O4S. The first kappa shape index (κ1) is 17.0. The van der Waals surface area contributed by atoms with Gasteiger partial charge >= 0.3 is 10.4 Å². The van der Waals surface area contributed by atoms with Crippen molar-refractivity contribution in [2.45, 2.75) is 13.8 Å². The minimum atomic E-state index is -4.67. The highest BCUT2D eigenvalue weighted by atomic mass is 32.3. The largest absolute Gasteiger partial charge is 0.399 e. The van der Waals surface area contributed by atoms with Crippen molar-refractivity contribution in [3.8, 4) is 11.1 Å². The van der Waals surface area contributed by atoms with E-state index in [-0.39, 0.29) is 0 Å². The topological polar surface area (TPSA) is 127 Å².